The summed E-state index contributed by atoms with van der Waals surface area (Å²) in [6, 6.07) is 6.75. The van der Waals surface area contributed by atoms with E-state index in [1.807, 2.05) is 0 Å². The van der Waals surface area contributed by atoms with Gasteiger partial charge in [-0.25, -0.2) is 9.18 Å². The lowest BCUT2D eigenvalue weighted by Crippen LogP contribution is -2.26. The normalized spacial score (nSPS) is 14.0. The summed E-state index contributed by atoms with van der Waals surface area (Å²) >= 11 is 3.36. The van der Waals surface area contributed by atoms with E-state index in [1.54, 1.807) is 31.3 Å². The molecule has 106 valence electrons. The number of aromatic nitrogens is 1. The average Bonchev–Trinajstić information content (AvgIpc) is 2.47. The summed E-state index contributed by atoms with van der Waals surface area (Å²) in [4.78, 5) is 15.5. The Hall–Kier alpha value is -1.53. The molecule has 0 spiro atoms. The molecule has 1 aromatic heterocycles. The summed E-state index contributed by atoms with van der Waals surface area (Å²) in [6.07, 6.45) is -2.20. The standard InChI is InChI=1S/C14H13BrFNO3/c1-2-20-14(19)11(16)13(18)9-5-6-10(15)8-4-3-7-17-12(8)9/h3-7,11,13,18H,2H2,1H3. The molecule has 0 aliphatic carbocycles. The van der Waals surface area contributed by atoms with Gasteiger partial charge in [-0.15, -0.1) is 0 Å². The van der Waals surface area contributed by atoms with Gasteiger partial charge in [-0.2, -0.15) is 0 Å². The molecule has 0 aliphatic rings. The third kappa shape index (κ3) is 2.81. The van der Waals surface area contributed by atoms with Gasteiger partial charge in [0.2, 0.25) is 6.17 Å². The SMILES string of the molecule is CCOC(=O)C(F)C(O)c1ccc(Br)c2cccnc12. The van der Waals surface area contributed by atoms with Crippen LogP contribution in [0.2, 0.25) is 0 Å². The van der Waals surface area contributed by atoms with E-state index >= 15 is 0 Å². The summed E-state index contributed by atoms with van der Waals surface area (Å²) in [5, 5.41) is 10.8. The predicted molar refractivity (Wildman–Crippen MR) is 75.9 cm³/mol. The van der Waals surface area contributed by atoms with E-state index in [9.17, 15) is 14.3 Å². The Morgan fingerprint density at radius 1 is 1.50 bits per heavy atom. The first-order chi connectivity index (χ1) is 9.56. The third-order valence-corrected chi connectivity index (χ3v) is 3.55. The molecular weight excluding hydrogens is 329 g/mol. The van der Waals surface area contributed by atoms with Crippen LogP contribution in [-0.4, -0.2) is 28.8 Å². The number of carbonyl (C=O) groups excluding carboxylic acids is 1. The van der Waals surface area contributed by atoms with Crippen molar-refractivity contribution in [3.63, 3.8) is 0 Å². The molecule has 0 saturated heterocycles. The van der Waals surface area contributed by atoms with Crippen molar-refractivity contribution in [2.24, 2.45) is 0 Å². The summed E-state index contributed by atoms with van der Waals surface area (Å²) in [7, 11) is 0. The molecule has 4 nitrogen and oxygen atoms in total. The van der Waals surface area contributed by atoms with Crippen molar-refractivity contribution >= 4 is 32.8 Å². The van der Waals surface area contributed by atoms with E-state index in [0.717, 1.165) is 9.86 Å². The largest absolute Gasteiger partial charge is 0.464 e. The maximum atomic E-state index is 13.9. The van der Waals surface area contributed by atoms with Crippen LogP contribution in [0, 0.1) is 0 Å². The number of hydrogen-bond donors (Lipinski definition) is 1. The molecule has 0 saturated carbocycles. The van der Waals surface area contributed by atoms with Crippen molar-refractivity contribution < 1.29 is 19.0 Å². The summed E-state index contributed by atoms with van der Waals surface area (Å²) in [5.74, 6) is -1.08. The number of halogens is 2. The number of aliphatic hydroxyl groups excluding tert-OH is 1. The first-order valence-corrected chi connectivity index (χ1v) is 6.87. The number of pyridine rings is 1. The molecule has 2 atom stereocenters. The molecule has 2 rings (SSSR count). The highest BCUT2D eigenvalue weighted by Gasteiger charge is 2.30. The molecular formula is C14H13BrFNO3. The van der Waals surface area contributed by atoms with Crippen molar-refractivity contribution in [3.05, 3.63) is 40.5 Å². The van der Waals surface area contributed by atoms with Crippen LogP contribution >= 0.6 is 15.9 Å². The lowest BCUT2D eigenvalue weighted by atomic mass is 10.0. The fourth-order valence-electron chi connectivity index (χ4n) is 1.91. The Balaban J connectivity index is 2.42. The number of nitrogens with zero attached hydrogens (tertiary/aromatic N) is 1. The van der Waals surface area contributed by atoms with Crippen molar-refractivity contribution in [1.29, 1.82) is 0 Å². The number of alkyl halides is 1. The van der Waals surface area contributed by atoms with Gasteiger partial charge in [0, 0.05) is 21.6 Å². The number of hydrogen-bond acceptors (Lipinski definition) is 4. The smallest absolute Gasteiger partial charge is 0.343 e. The molecule has 1 N–H and O–H groups in total. The highest BCUT2D eigenvalue weighted by molar-refractivity contribution is 9.10. The molecule has 2 aromatic rings. The van der Waals surface area contributed by atoms with E-state index in [1.165, 1.54) is 6.07 Å². The summed E-state index contributed by atoms with van der Waals surface area (Å²) in [5.41, 5.74) is 0.700. The number of esters is 1. The average molecular weight is 342 g/mol. The van der Waals surface area contributed by atoms with Crippen LogP contribution in [0.3, 0.4) is 0 Å². The minimum absolute atomic E-state index is 0.0608. The van der Waals surface area contributed by atoms with Crippen LogP contribution in [0.5, 0.6) is 0 Å². The lowest BCUT2D eigenvalue weighted by molar-refractivity contribution is -0.153. The van der Waals surface area contributed by atoms with Gasteiger partial charge in [-0.05, 0) is 19.1 Å². The quantitative estimate of drug-likeness (QED) is 0.868. The minimum atomic E-state index is -2.14. The molecule has 0 aliphatic heterocycles. The highest BCUT2D eigenvalue weighted by atomic mass is 79.9. The van der Waals surface area contributed by atoms with Crippen molar-refractivity contribution in [2.75, 3.05) is 6.61 Å². The number of fused-ring (bicyclic) bond motifs is 1. The van der Waals surface area contributed by atoms with Crippen LogP contribution in [0.1, 0.15) is 18.6 Å². The van der Waals surface area contributed by atoms with Gasteiger partial charge in [0.15, 0.2) is 0 Å². The monoisotopic (exact) mass is 341 g/mol. The van der Waals surface area contributed by atoms with E-state index in [-0.39, 0.29) is 12.2 Å². The first kappa shape index (κ1) is 14.9. The zero-order chi connectivity index (χ0) is 14.7. The maximum absolute atomic E-state index is 13.9. The van der Waals surface area contributed by atoms with Crippen LogP contribution in [0.25, 0.3) is 10.9 Å². The number of aliphatic hydroxyl groups is 1. The Morgan fingerprint density at radius 2 is 2.25 bits per heavy atom. The Labute approximate surface area is 123 Å². The molecule has 0 fully saturated rings. The van der Waals surface area contributed by atoms with Crippen LogP contribution in [-0.2, 0) is 9.53 Å². The highest BCUT2D eigenvalue weighted by Crippen LogP contribution is 2.31. The van der Waals surface area contributed by atoms with Crippen molar-refractivity contribution in [1.82, 2.24) is 4.98 Å². The molecule has 1 aromatic carbocycles. The number of rotatable bonds is 4. The van der Waals surface area contributed by atoms with Crippen LogP contribution < -0.4 is 0 Å². The summed E-state index contributed by atoms with van der Waals surface area (Å²) in [6.45, 7) is 1.64. The molecule has 1 heterocycles. The van der Waals surface area contributed by atoms with Gasteiger partial charge in [-0.3, -0.25) is 4.98 Å². The van der Waals surface area contributed by atoms with Gasteiger partial charge in [0.25, 0.3) is 0 Å². The van der Waals surface area contributed by atoms with E-state index in [2.05, 4.69) is 25.7 Å². The zero-order valence-electron chi connectivity index (χ0n) is 10.7. The van der Waals surface area contributed by atoms with Gasteiger partial charge < -0.3 is 9.84 Å². The molecule has 2 unspecified atom stereocenters. The lowest BCUT2D eigenvalue weighted by Gasteiger charge is -2.16. The van der Waals surface area contributed by atoms with Crippen molar-refractivity contribution in [3.8, 4) is 0 Å². The molecule has 0 amide bonds. The Kier molecular flexibility index (Phi) is 4.67. The fourth-order valence-corrected chi connectivity index (χ4v) is 2.36. The van der Waals surface area contributed by atoms with E-state index in [4.69, 9.17) is 0 Å². The number of benzene rings is 1. The molecule has 0 radical (unpaired) electrons. The summed E-state index contributed by atoms with van der Waals surface area (Å²) < 4.78 is 19.3. The second-order valence-electron chi connectivity index (χ2n) is 4.13. The second kappa shape index (κ2) is 6.28. The predicted octanol–water partition coefficient (Wildman–Crippen LogP) is 2.93. The van der Waals surface area contributed by atoms with Gasteiger partial charge in [-0.1, -0.05) is 28.1 Å². The van der Waals surface area contributed by atoms with Crippen molar-refractivity contribution in [2.45, 2.75) is 19.2 Å². The van der Waals surface area contributed by atoms with E-state index < -0.39 is 18.2 Å². The minimum Gasteiger partial charge on any atom is -0.464 e. The maximum Gasteiger partial charge on any atom is 0.343 e. The second-order valence-corrected chi connectivity index (χ2v) is 4.99. The Morgan fingerprint density at radius 3 is 2.95 bits per heavy atom. The molecule has 0 bridgehead atoms. The topological polar surface area (TPSA) is 59.4 Å². The van der Waals surface area contributed by atoms with Gasteiger partial charge >= 0.3 is 5.97 Å². The van der Waals surface area contributed by atoms with Gasteiger partial charge in [0.1, 0.15) is 6.10 Å². The third-order valence-electron chi connectivity index (χ3n) is 2.86. The molecule has 6 heteroatoms. The first-order valence-electron chi connectivity index (χ1n) is 6.08. The zero-order valence-corrected chi connectivity index (χ0v) is 12.3. The fraction of sp³-hybridized carbons (Fsp3) is 0.286. The Bertz CT molecular complexity index is 635. The van der Waals surface area contributed by atoms with Crippen LogP contribution in [0.15, 0.2) is 34.9 Å². The molecule has 20 heavy (non-hydrogen) atoms. The van der Waals surface area contributed by atoms with E-state index in [0.29, 0.717) is 5.52 Å². The van der Waals surface area contributed by atoms with Crippen LogP contribution in [0.4, 0.5) is 4.39 Å². The number of carbonyl (C=O) groups is 1. The van der Waals surface area contributed by atoms with Gasteiger partial charge in [0.05, 0.1) is 12.1 Å². The number of ether oxygens (including phenoxy) is 1.